The molecule has 116 valence electrons. The lowest BCUT2D eigenvalue weighted by Gasteiger charge is -2.13. The van der Waals surface area contributed by atoms with Crippen LogP contribution in [-0.4, -0.2) is 4.98 Å². The Balaban J connectivity index is 0.00000192. The molecule has 0 saturated heterocycles. The summed E-state index contributed by atoms with van der Waals surface area (Å²) in [4.78, 5) is 4.31. The Hall–Kier alpha value is -2.28. The van der Waals surface area contributed by atoms with Gasteiger partial charge in [0.05, 0.1) is 16.8 Å². The third-order valence-electron chi connectivity index (χ3n) is 3.44. The van der Waals surface area contributed by atoms with Crippen molar-refractivity contribution in [2.45, 2.75) is 13.8 Å². The van der Waals surface area contributed by atoms with Gasteiger partial charge in [-0.3, -0.25) is 4.98 Å². The van der Waals surface area contributed by atoms with Gasteiger partial charge in [-0.25, -0.2) is 0 Å². The van der Waals surface area contributed by atoms with E-state index in [0.29, 0.717) is 10.6 Å². The summed E-state index contributed by atoms with van der Waals surface area (Å²) in [7, 11) is 0. The number of hydrogen-bond donors (Lipinski definition) is 1. The topological polar surface area (TPSA) is 48.7 Å². The molecule has 0 aliphatic carbocycles. The van der Waals surface area contributed by atoms with Crippen LogP contribution in [0.25, 0.3) is 10.9 Å². The number of nitriles is 1. The molecule has 0 spiro atoms. The van der Waals surface area contributed by atoms with E-state index >= 15 is 0 Å². The Morgan fingerprint density at radius 1 is 1.09 bits per heavy atom. The van der Waals surface area contributed by atoms with Gasteiger partial charge in [-0.2, -0.15) is 5.26 Å². The molecule has 0 amide bonds. The Morgan fingerprint density at radius 3 is 2.43 bits per heavy atom. The van der Waals surface area contributed by atoms with Crippen LogP contribution in [-0.2, 0) is 0 Å². The molecule has 0 atom stereocenters. The highest BCUT2D eigenvalue weighted by Crippen LogP contribution is 2.31. The van der Waals surface area contributed by atoms with E-state index in [1.54, 1.807) is 12.3 Å². The second-order valence-electron chi connectivity index (χ2n) is 5.32. The molecule has 0 aliphatic rings. The number of halogens is 2. The third kappa shape index (κ3) is 3.56. The predicted octanol–water partition coefficient (Wildman–Crippen LogP) is 5.54. The quantitative estimate of drug-likeness (QED) is 0.664. The first kappa shape index (κ1) is 17.1. The molecule has 0 saturated carbocycles. The van der Waals surface area contributed by atoms with Crippen molar-refractivity contribution in [3.63, 3.8) is 0 Å². The number of benzene rings is 2. The lowest BCUT2D eigenvalue weighted by molar-refractivity contribution is 1.35. The highest BCUT2D eigenvalue weighted by molar-refractivity contribution is 6.31. The number of anilines is 2. The predicted molar refractivity (Wildman–Crippen MR) is 97.9 cm³/mol. The molecule has 0 radical (unpaired) electrons. The fraction of sp³-hybridized carbons (Fsp3) is 0.111. The van der Waals surface area contributed by atoms with Gasteiger partial charge in [0.1, 0.15) is 6.07 Å². The van der Waals surface area contributed by atoms with E-state index in [1.807, 2.05) is 38.1 Å². The van der Waals surface area contributed by atoms with E-state index in [9.17, 15) is 5.26 Å². The van der Waals surface area contributed by atoms with Crippen molar-refractivity contribution in [3.05, 3.63) is 64.3 Å². The largest absolute Gasteiger partial charge is 0.354 e. The normalized spacial score (nSPS) is 10.0. The lowest BCUT2D eigenvalue weighted by Crippen LogP contribution is -1.97. The monoisotopic (exact) mass is 343 g/mol. The van der Waals surface area contributed by atoms with Crippen molar-refractivity contribution in [1.82, 2.24) is 4.98 Å². The van der Waals surface area contributed by atoms with Crippen LogP contribution in [0.5, 0.6) is 0 Å². The van der Waals surface area contributed by atoms with Crippen LogP contribution in [0, 0.1) is 25.2 Å². The van der Waals surface area contributed by atoms with Crippen molar-refractivity contribution < 1.29 is 0 Å². The summed E-state index contributed by atoms with van der Waals surface area (Å²) in [6.45, 7) is 4.09. The molecule has 5 heteroatoms. The number of nitrogens with zero attached hydrogens (tertiary/aromatic N) is 2. The first-order chi connectivity index (χ1) is 10.6. The highest BCUT2D eigenvalue weighted by atomic mass is 35.5. The molecule has 0 bridgehead atoms. The second kappa shape index (κ2) is 6.87. The molecule has 1 aromatic heterocycles. The maximum Gasteiger partial charge on any atom is 0.103 e. The SMILES string of the molecule is Cc1cc(C)cc(Nc2c(C#N)cnc3ccc(Cl)cc23)c1.Cl. The molecule has 23 heavy (non-hydrogen) atoms. The minimum absolute atomic E-state index is 0. The maximum absolute atomic E-state index is 9.37. The van der Waals surface area contributed by atoms with Crippen LogP contribution < -0.4 is 5.32 Å². The number of rotatable bonds is 2. The molecule has 3 aromatic rings. The summed E-state index contributed by atoms with van der Waals surface area (Å²) in [5.74, 6) is 0. The molecule has 3 rings (SSSR count). The zero-order valence-corrected chi connectivity index (χ0v) is 14.3. The third-order valence-corrected chi connectivity index (χ3v) is 3.68. The lowest BCUT2D eigenvalue weighted by atomic mass is 10.1. The summed E-state index contributed by atoms with van der Waals surface area (Å²) >= 11 is 6.10. The van der Waals surface area contributed by atoms with Crippen LogP contribution in [0.1, 0.15) is 16.7 Å². The van der Waals surface area contributed by atoms with Gasteiger partial charge in [0.2, 0.25) is 0 Å². The molecule has 3 nitrogen and oxygen atoms in total. The number of hydrogen-bond acceptors (Lipinski definition) is 3. The van der Waals surface area contributed by atoms with E-state index in [1.165, 1.54) is 0 Å². The van der Waals surface area contributed by atoms with Gasteiger partial charge >= 0.3 is 0 Å². The number of nitrogens with one attached hydrogen (secondary N) is 1. The minimum Gasteiger partial charge on any atom is -0.354 e. The van der Waals surface area contributed by atoms with E-state index in [-0.39, 0.29) is 12.4 Å². The van der Waals surface area contributed by atoms with E-state index in [2.05, 4.69) is 22.4 Å². The smallest absolute Gasteiger partial charge is 0.103 e. The van der Waals surface area contributed by atoms with Crippen LogP contribution in [0.15, 0.2) is 42.6 Å². The Kier molecular flexibility index (Phi) is 5.10. The van der Waals surface area contributed by atoms with Gasteiger partial charge in [0.25, 0.3) is 0 Å². The average Bonchev–Trinajstić information content (AvgIpc) is 2.47. The summed E-state index contributed by atoms with van der Waals surface area (Å²) in [6.07, 6.45) is 1.58. The van der Waals surface area contributed by atoms with Crippen LogP contribution in [0.3, 0.4) is 0 Å². The van der Waals surface area contributed by atoms with Crippen molar-refractivity contribution in [1.29, 1.82) is 5.26 Å². The highest BCUT2D eigenvalue weighted by Gasteiger charge is 2.10. The molecule has 0 fully saturated rings. The van der Waals surface area contributed by atoms with Gasteiger partial charge in [-0.15, -0.1) is 12.4 Å². The molecule has 1 N–H and O–H groups in total. The van der Waals surface area contributed by atoms with E-state index < -0.39 is 0 Å². The molecule has 1 heterocycles. The van der Waals surface area contributed by atoms with Crippen LogP contribution >= 0.6 is 24.0 Å². The first-order valence-electron chi connectivity index (χ1n) is 6.90. The standard InChI is InChI=1S/C18H14ClN3.ClH/c1-11-5-12(2)7-15(6-11)22-18-13(9-20)10-21-17-4-3-14(19)8-16(17)18;/h3-8,10H,1-2H3,(H,21,22);1H. The fourth-order valence-corrected chi connectivity index (χ4v) is 2.75. The Morgan fingerprint density at radius 2 is 1.78 bits per heavy atom. The van der Waals surface area contributed by atoms with Crippen molar-refractivity contribution in [2.75, 3.05) is 5.32 Å². The zero-order valence-electron chi connectivity index (χ0n) is 12.7. The molecule has 0 aliphatic heterocycles. The van der Waals surface area contributed by atoms with Gasteiger partial charge in [0.15, 0.2) is 0 Å². The Bertz CT molecular complexity index is 894. The zero-order chi connectivity index (χ0) is 15.7. The molecular weight excluding hydrogens is 329 g/mol. The minimum atomic E-state index is 0. The molecule has 2 aromatic carbocycles. The van der Waals surface area contributed by atoms with Crippen LogP contribution in [0.4, 0.5) is 11.4 Å². The summed E-state index contributed by atoms with van der Waals surface area (Å²) in [5.41, 5.74) is 5.31. The first-order valence-corrected chi connectivity index (χ1v) is 7.28. The fourth-order valence-electron chi connectivity index (χ4n) is 2.58. The van der Waals surface area contributed by atoms with Crippen molar-refractivity contribution in [3.8, 4) is 6.07 Å². The number of aryl methyl sites for hydroxylation is 2. The summed E-state index contributed by atoms with van der Waals surface area (Å²) < 4.78 is 0. The van der Waals surface area contributed by atoms with Gasteiger partial charge in [-0.1, -0.05) is 17.7 Å². The van der Waals surface area contributed by atoms with Gasteiger partial charge in [0, 0.05) is 22.3 Å². The second-order valence-corrected chi connectivity index (χ2v) is 5.76. The van der Waals surface area contributed by atoms with Gasteiger partial charge < -0.3 is 5.32 Å². The van der Waals surface area contributed by atoms with Crippen LogP contribution in [0.2, 0.25) is 5.02 Å². The van der Waals surface area contributed by atoms with Gasteiger partial charge in [-0.05, 0) is 55.3 Å². The molecular formula is C18H15Cl2N3. The van der Waals surface area contributed by atoms with E-state index in [4.69, 9.17) is 11.6 Å². The van der Waals surface area contributed by atoms with Crippen molar-refractivity contribution >= 4 is 46.3 Å². The Labute approximate surface area is 146 Å². The number of aromatic nitrogens is 1. The summed E-state index contributed by atoms with van der Waals surface area (Å²) in [5, 5.41) is 14.2. The number of fused-ring (bicyclic) bond motifs is 1. The average molecular weight is 344 g/mol. The number of pyridine rings is 1. The summed E-state index contributed by atoms with van der Waals surface area (Å²) in [6, 6.07) is 13.9. The molecule has 0 unspecified atom stereocenters. The maximum atomic E-state index is 9.37. The van der Waals surface area contributed by atoms with E-state index in [0.717, 1.165) is 33.4 Å². The van der Waals surface area contributed by atoms with Crippen molar-refractivity contribution in [2.24, 2.45) is 0 Å².